The van der Waals surface area contributed by atoms with Crippen molar-refractivity contribution in [1.82, 2.24) is 4.90 Å². The molecule has 15 heavy (non-hydrogen) atoms. The van der Waals surface area contributed by atoms with Crippen LogP contribution >= 0.6 is 0 Å². The van der Waals surface area contributed by atoms with Crippen LogP contribution in [0.2, 0.25) is 0 Å². The lowest BCUT2D eigenvalue weighted by Crippen LogP contribution is -2.14. The molecule has 0 amide bonds. The molecule has 3 nitrogen and oxygen atoms in total. The largest absolute Gasteiger partial charge is 0.465 e. The Hall–Kier alpha value is -0.570. The van der Waals surface area contributed by atoms with E-state index in [0.29, 0.717) is 18.9 Å². The minimum Gasteiger partial charge on any atom is -0.465 e. The fourth-order valence-corrected chi connectivity index (χ4v) is 1.12. The van der Waals surface area contributed by atoms with Crippen molar-refractivity contribution in [2.24, 2.45) is 5.92 Å². The summed E-state index contributed by atoms with van der Waals surface area (Å²) in [7, 11) is 4.09. The lowest BCUT2D eigenvalue weighted by Gasteiger charge is -2.10. The van der Waals surface area contributed by atoms with Gasteiger partial charge < -0.3 is 9.64 Å². The van der Waals surface area contributed by atoms with Gasteiger partial charge in [0.1, 0.15) is 0 Å². The predicted molar refractivity (Wildman–Crippen MR) is 62.8 cm³/mol. The molecule has 0 fully saturated rings. The lowest BCUT2D eigenvalue weighted by molar-refractivity contribution is -0.145. The van der Waals surface area contributed by atoms with Crippen molar-refractivity contribution in [3.63, 3.8) is 0 Å². The third kappa shape index (κ3) is 9.73. The zero-order chi connectivity index (χ0) is 11.7. The number of unbranched alkanes of at least 4 members (excludes halogenated alkanes) is 1. The van der Waals surface area contributed by atoms with Crippen molar-refractivity contribution >= 4 is 5.97 Å². The van der Waals surface area contributed by atoms with Gasteiger partial charge in [0, 0.05) is 6.42 Å². The summed E-state index contributed by atoms with van der Waals surface area (Å²) in [5, 5.41) is 0. The van der Waals surface area contributed by atoms with Crippen LogP contribution in [-0.4, -0.2) is 38.1 Å². The first-order valence-corrected chi connectivity index (χ1v) is 5.86. The number of rotatable bonds is 8. The molecule has 0 saturated carbocycles. The second-order valence-corrected chi connectivity index (χ2v) is 4.46. The number of carbonyl (C=O) groups excluding carboxylic acids is 1. The van der Waals surface area contributed by atoms with Gasteiger partial charge in [0.2, 0.25) is 0 Å². The molecule has 90 valence electrons. The first kappa shape index (κ1) is 14.4. The van der Waals surface area contributed by atoms with E-state index in [4.69, 9.17) is 4.74 Å². The smallest absolute Gasteiger partial charge is 0.305 e. The summed E-state index contributed by atoms with van der Waals surface area (Å²) >= 11 is 0. The van der Waals surface area contributed by atoms with E-state index in [1.165, 1.54) is 0 Å². The lowest BCUT2D eigenvalue weighted by atomic mass is 10.1. The average molecular weight is 215 g/mol. The Kier molecular flexibility index (Phi) is 8.38. The van der Waals surface area contributed by atoms with Gasteiger partial charge in [-0.15, -0.1) is 0 Å². The summed E-state index contributed by atoms with van der Waals surface area (Å²) in [5.74, 6) is 0.435. The molecule has 0 saturated heterocycles. The Morgan fingerprint density at radius 2 is 2.00 bits per heavy atom. The van der Waals surface area contributed by atoms with Gasteiger partial charge >= 0.3 is 5.97 Å². The molecular weight excluding hydrogens is 190 g/mol. The van der Waals surface area contributed by atoms with Crippen molar-refractivity contribution in [2.75, 3.05) is 27.2 Å². The summed E-state index contributed by atoms with van der Waals surface area (Å²) in [6.45, 7) is 5.82. The van der Waals surface area contributed by atoms with Crippen LogP contribution in [0.4, 0.5) is 0 Å². The third-order valence-corrected chi connectivity index (χ3v) is 2.46. The SMILES string of the molecule is CCC(C)COC(=O)CCCCN(C)C. The van der Waals surface area contributed by atoms with Crippen molar-refractivity contribution in [2.45, 2.75) is 39.5 Å². The second kappa shape index (κ2) is 8.72. The van der Waals surface area contributed by atoms with E-state index in [9.17, 15) is 4.79 Å². The number of hydrogen-bond donors (Lipinski definition) is 0. The molecule has 0 rings (SSSR count). The molecule has 0 aromatic heterocycles. The summed E-state index contributed by atoms with van der Waals surface area (Å²) in [4.78, 5) is 13.4. The molecule has 1 unspecified atom stereocenters. The Bertz CT molecular complexity index is 169. The van der Waals surface area contributed by atoms with E-state index in [-0.39, 0.29) is 5.97 Å². The predicted octanol–water partition coefficient (Wildman–Crippen LogP) is 2.31. The van der Waals surface area contributed by atoms with E-state index >= 15 is 0 Å². The van der Waals surface area contributed by atoms with Crippen LogP contribution in [0.1, 0.15) is 39.5 Å². The number of nitrogens with zero attached hydrogens (tertiary/aromatic N) is 1. The Labute approximate surface area is 93.8 Å². The highest BCUT2D eigenvalue weighted by Gasteiger charge is 2.05. The normalized spacial score (nSPS) is 12.9. The monoisotopic (exact) mass is 215 g/mol. The van der Waals surface area contributed by atoms with E-state index in [2.05, 4.69) is 18.7 Å². The standard InChI is InChI=1S/C12H25NO2/c1-5-11(2)10-15-12(14)8-6-7-9-13(3)4/h11H,5-10H2,1-4H3. The molecular formula is C12H25NO2. The van der Waals surface area contributed by atoms with Crippen LogP contribution < -0.4 is 0 Å². The van der Waals surface area contributed by atoms with Gasteiger partial charge in [-0.1, -0.05) is 20.3 Å². The minimum absolute atomic E-state index is 0.0472. The van der Waals surface area contributed by atoms with Gasteiger partial charge in [0.15, 0.2) is 0 Å². The highest BCUT2D eigenvalue weighted by Crippen LogP contribution is 2.03. The van der Waals surface area contributed by atoms with Gasteiger partial charge in [-0.3, -0.25) is 4.79 Å². The second-order valence-electron chi connectivity index (χ2n) is 4.46. The van der Waals surface area contributed by atoms with Gasteiger partial charge in [-0.25, -0.2) is 0 Å². The number of hydrogen-bond acceptors (Lipinski definition) is 3. The third-order valence-electron chi connectivity index (χ3n) is 2.46. The molecule has 0 aliphatic rings. The van der Waals surface area contributed by atoms with Crippen molar-refractivity contribution < 1.29 is 9.53 Å². The average Bonchev–Trinajstić information content (AvgIpc) is 2.20. The molecule has 0 aliphatic heterocycles. The fourth-order valence-electron chi connectivity index (χ4n) is 1.12. The zero-order valence-electron chi connectivity index (χ0n) is 10.6. The molecule has 0 heterocycles. The maximum Gasteiger partial charge on any atom is 0.305 e. The summed E-state index contributed by atoms with van der Waals surface area (Å²) in [6, 6.07) is 0. The van der Waals surface area contributed by atoms with Crippen LogP contribution in [0.25, 0.3) is 0 Å². The summed E-state index contributed by atoms with van der Waals surface area (Å²) < 4.78 is 5.15. The minimum atomic E-state index is -0.0472. The Balaban J connectivity index is 3.34. The molecule has 0 bridgehead atoms. The molecule has 0 radical (unpaired) electrons. The summed E-state index contributed by atoms with van der Waals surface area (Å²) in [5.41, 5.74) is 0. The van der Waals surface area contributed by atoms with E-state index in [1.807, 2.05) is 14.1 Å². The number of carbonyl (C=O) groups is 1. The topological polar surface area (TPSA) is 29.5 Å². The molecule has 0 aromatic carbocycles. The van der Waals surface area contributed by atoms with Gasteiger partial charge in [0.05, 0.1) is 6.61 Å². The number of ether oxygens (including phenoxy) is 1. The van der Waals surface area contributed by atoms with E-state index < -0.39 is 0 Å². The molecule has 0 aliphatic carbocycles. The van der Waals surface area contributed by atoms with E-state index in [0.717, 1.165) is 25.8 Å². The van der Waals surface area contributed by atoms with Crippen LogP contribution in [0.3, 0.4) is 0 Å². The molecule has 3 heteroatoms. The highest BCUT2D eigenvalue weighted by atomic mass is 16.5. The van der Waals surface area contributed by atoms with Crippen LogP contribution in [0, 0.1) is 5.92 Å². The van der Waals surface area contributed by atoms with Crippen molar-refractivity contribution in [3.05, 3.63) is 0 Å². The van der Waals surface area contributed by atoms with Gasteiger partial charge in [-0.05, 0) is 39.4 Å². The molecule has 0 N–H and O–H groups in total. The highest BCUT2D eigenvalue weighted by molar-refractivity contribution is 5.69. The first-order valence-electron chi connectivity index (χ1n) is 5.86. The summed E-state index contributed by atoms with van der Waals surface area (Å²) in [6.07, 6.45) is 3.61. The first-order chi connectivity index (χ1) is 7.06. The maximum atomic E-state index is 11.3. The number of esters is 1. The Morgan fingerprint density at radius 3 is 2.53 bits per heavy atom. The maximum absolute atomic E-state index is 11.3. The van der Waals surface area contributed by atoms with Gasteiger partial charge in [0.25, 0.3) is 0 Å². The molecule has 0 aromatic rings. The zero-order valence-corrected chi connectivity index (χ0v) is 10.6. The fraction of sp³-hybridized carbons (Fsp3) is 0.917. The Morgan fingerprint density at radius 1 is 1.33 bits per heavy atom. The van der Waals surface area contributed by atoms with Crippen molar-refractivity contribution in [1.29, 1.82) is 0 Å². The van der Waals surface area contributed by atoms with Gasteiger partial charge in [-0.2, -0.15) is 0 Å². The van der Waals surface area contributed by atoms with E-state index in [1.54, 1.807) is 0 Å². The van der Waals surface area contributed by atoms with Crippen LogP contribution in [0.15, 0.2) is 0 Å². The van der Waals surface area contributed by atoms with Crippen molar-refractivity contribution in [3.8, 4) is 0 Å². The quantitative estimate of drug-likeness (QED) is 0.459. The van der Waals surface area contributed by atoms with Crippen LogP contribution in [-0.2, 0) is 9.53 Å². The molecule has 0 spiro atoms. The molecule has 1 atom stereocenters. The van der Waals surface area contributed by atoms with Crippen LogP contribution in [0.5, 0.6) is 0 Å².